The molecule has 4 nitrogen and oxygen atoms in total. The van der Waals surface area contributed by atoms with E-state index in [0.717, 1.165) is 0 Å². The van der Waals surface area contributed by atoms with Crippen molar-refractivity contribution in [3.8, 4) is 0 Å². The normalized spacial score (nSPS) is 40.8. The maximum Gasteiger partial charge on any atom is 0.147 e. The van der Waals surface area contributed by atoms with E-state index in [4.69, 9.17) is 18.9 Å². The molecule has 2 rings (SSSR count). The second kappa shape index (κ2) is 2.84. The third-order valence-electron chi connectivity index (χ3n) is 1.71. The number of rotatable bonds is 0. The maximum atomic E-state index is 5.21. The Kier molecular flexibility index (Phi) is 1.86. The monoisotopic (exact) mass is 146 g/mol. The van der Waals surface area contributed by atoms with E-state index in [1.54, 1.807) is 0 Å². The Morgan fingerprint density at radius 1 is 0.800 bits per heavy atom. The second-order valence-corrected chi connectivity index (χ2v) is 2.39. The lowest BCUT2D eigenvalue weighted by Crippen LogP contribution is -2.27. The van der Waals surface area contributed by atoms with E-state index >= 15 is 0 Å². The van der Waals surface area contributed by atoms with Crippen molar-refractivity contribution >= 4 is 0 Å². The number of ether oxygens (including phenoxy) is 4. The largest absolute Gasteiger partial charge is 0.353 e. The van der Waals surface area contributed by atoms with Gasteiger partial charge in [0.2, 0.25) is 0 Å². The Morgan fingerprint density at radius 3 is 2.00 bits per heavy atom. The molecular weight excluding hydrogens is 136 g/mol. The van der Waals surface area contributed by atoms with Crippen LogP contribution >= 0.6 is 0 Å². The smallest absolute Gasteiger partial charge is 0.147 e. The zero-order valence-electron chi connectivity index (χ0n) is 5.62. The zero-order chi connectivity index (χ0) is 6.81. The van der Waals surface area contributed by atoms with Gasteiger partial charge >= 0.3 is 0 Å². The van der Waals surface area contributed by atoms with Gasteiger partial charge in [0, 0.05) is 0 Å². The fourth-order valence-corrected chi connectivity index (χ4v) is 1.13. The summed E-state index contributed by atoms with van der Waals surface area (Å²) in [4.78, 5) is 0. The fourth-order valence-electron chi connectivity index (χ4n) is 1.13. The summed E-state index contributed by atoms with van der Waals surface area (Å²) in [7, 11) is 0. The highest BCUT2D eigenvalue weighted by Crippen LogP contribution is 2.15. The first kappa shape index (κ1) is 6.54. The van der Waals surface area contributed by atoms with Crippen LogP contribution in [0.4, 0.5) is 0 Å². The van der Waals surface area contributed by atoms with Gasteiger partial charge in [0.25, 0.3) is 0 Å². The number of hydrogen-bond donors (Lipinski definition) is 0. The first-order chi connectivity index (χ1) is 4.97. The van der Waals surface area contributed by atoms with E-state index in [1.807, 2.05) is 0 Å². The molecule has 0 amide bonds. The van der Waals surface area contributed by atoms with Gasteiger partial charge in [-0.1, -0.05) is 0 Å². The molecular formula is C6H10O4. The molecule has 2 unspecified atom stereocenters. The lowest BCUT2D eigenvalue weighted by Gasteiger charge is -2.09. The minimum absolute atomic E-state index is 0.0856. The van der Waals surface area contributed by atoms with Crippen LogP contribution in [0.2, 0.25) is 0 Å². The van der Waals surface area contributed by atoms with Crippen molar-refractivity contribution in [2.45, 2.75) is 12.2 Å². The summed E-state index contributed by atoms with van der Waals surface area (Å²) < 4.78 is 20.6. The molecule has 2 saturated heterocycles. The van der Waals surface area contributed by atoms with Crippen molar-refractivity contribution in [3.63, 3.8) is 0 Å². The van der Waals surface area contributed by atoms with Crippen molar-refractivity contribution in [1.29, 1.82) is 0 Å². The molecule has 58 valence electrons. The van der Waals surface area contributed by atoms with E-state index < -0.39 is 0 Å². The van der Waals surface area contributed by atoms with Crippen molar-refractivity contribution in [1.82, 2.24) is 0 Å². The quantitative estimate of drug-likeness (QED) is 0.471. The van der Waals surface area contributed by atoms with Crippen LogP contribution in [0.3, 0.4) is 0 Å². The molecule has 10 heavy (non-hydrogen) atoms. The molecule has 0 aromatic rings. The van der Waals surface area contributed by atoms with Crippen LogP contribution in [0.5, 0.6) is 0 Å². The van der Waals surface area contributed by atoms with Crippen molar-refractivity contribution in [2.24, 2.45) is 0 Å². The SMILES string of the molecule is C1OCC2OCOC2CO1. The topological polar surface area (TPSA) is 36.9 Å². The van der Waals surface area contributed by atoms with Gasteiger partial charge in [0.1, 0.15) is 25.8 Å². The predicted molar refractivity (Wildman–Crippen MR) is 31.4 cm³/mol. The van der Waals surface area contributed by atoms with E-state index in [9.17, 15) is 0 Å². The average molecular weight is 146 g/mol. The average Bonchev–Trinajstić information content (AvgIpc) is 2.28. The molecule has 0 saturated carbocycles. The maximum absolute atomic E-state index is 5.21. The summed E-state index contributed by atoms with van der Waals surface area (Å²) in [5.74, 6) is 0. The van der Waals surface area contributed by atoms with Gasteiger partial charge in [0.15, 0.2) is 0 Å². The fraction of sp³-hybridized carbons (Fsp3) is 1.00. The third kappa shape index (κ3) is 1.15. The van der Waals surface area contributed by atoms with E-state index in [0.29, 0.717) is 26.8 Å². The van der Waals surface area contributed by atoms with E-state index in [2.05, 4.69) is 0 Å². The summed E-state index contributed by atoms with van der Waals surface area (Å²) in [5.41, 5.74) is 0. The minimum atomic E-state index is 0.0856. The standard InChI is InChI=1S/C6H10O4/c1-5-6(10-4-9-5)2-8-3-7-1/h5-6H,1-4H2. The van der Waals surface area contributed by atoms with Crippen LogP contribution in [-0.4, -0.2) is 39.0 Å². The Hall–Kier alpha value is -0.160. The van der Waals surface area contributed by atoms with Crippen molar-refractivity contribution < 1.29 is 18.9 Å². The molecule has 0 aliphatic carbocycles. The molecule has 2 heterocycles. The molecule has 2 atom stereocenters. The first-order valence-electron chi connectivity index (χ1n) is 3.35. The van der Waals surface area contributed by atoms with Crippen LogP contribution < -0.4 is 0 Å². The van der Waals surface area contributed by atoms with Crippen LogP contribution in [0, 0.1) is 0 Å². The molecule has 4 heteroatoms. The van der Waals surface area contributed by atoms with Crippen LogP contribution in [0.25, 0.3) is 0 Å². The van der Waals surface area contributed by atoms with Gasteiger partial charge in [-0.25, -0.2) is 0 Å². The highest BCUT2D eigenvalue weighted by atomic mass is 16.7. The number of hydrogen-bond acceptors (Lipinski definition) is 4. The van der Waals surface area contributed by atoms with Crippen LogP contribution in [0.1, 0.15) is 0 Å². The van der Waals surface area contributed by atoms with E-state index in [-0.39, 0.29) is 12.2 Å². The summed E-state index contributed by atoms with van der Waals surface area (Å²) in [6.45, 7) is 1.91. The molecule has 0 bridgehead atoms. The molecule has 0 radical (unpaired) electrons. The van der Waals surface area contributed by atoms with E-state index in [1.165, 1.54) is 0 Å². The lowest BCUT2D eigenvalue weighted by molar-refractivity contribution is -0.0750. The molecule has 0 aromatic carbocycles. The zero-order valence-corrected chi connectivity index (χ0v) is 5.62. The van der Waals surface area contributed by atoms with Gasteiger partial charge < -0.3 is 18.9 Å². The second-order valence-electron chi connectivity index (χ2n) is 2.39. The van der Waals surface area contributed by atoms with Gasteiger partial charge in [-0.3, -0.25) is 0 Å². The molecule has 0 N–H and O–H groups in total. The van der Waals surface area contributed by atoms with Crippen molar-refractivity contribution in [2.75, 3.05) is 26.8 Å². The Labute approximate surface area is 59.0 Å². The van der Waals surface area contributed by atoms with Crippen molar-refractivity contribution in [3.05, 3.63) is 0 Å². The number of fused-ring (bicyclic) bond motifs is 1. The first-order valence-corrected chi connectivity index (χ1v) is 3.35. The summed E-state index contributed by atoms with van der Waals surface area (Å²) in [6.07, 6.45) is 0.171. The molecule has 2 aliphatic heterocycles. The van der Waals surface area contributed by atoms with Gasteiger partial charge in [-0.05, 0) is 0 Å². The Bertz CT molecular complexity index is 104. The minimum Gasteiger partial charge on any atom is -0.353 e. The molecule has 2 aliphatic rings. The van der Waals surface area contributed by atoms with Gasteiger partial charge in [-0.2, -0.15) is 0 Å². The molecule has 2 fully saturated rings. The Balaban J connectivity index is 1.95. The van der Waals surface area contributed by atoms with Gasteiger partial charge in [-0.15, -0.1) is 0 Å². The van der Waals surface area contributed by atoms with Crippen LogP contribution in [0.15, 0.2) is 0 Å². The molecule has 0 aromatic heterocycles. The van der Waals surface area contributed by atoms with Crippen LogP contribution in [-0.2, 0) is 18.9 Å². The third-order valence-corrected chi connectivity index (χ3v) is 1.71. The highest BCUT2D eigenvalue weighted by molar-refractivity contribution is 4.74. The lowest BCUT2D eigenvalue weighted by atomic mass is 10.2. The summed E-state index contributed by atoms with van der Waals surface area (Å²) in [5, 5.41) is 0. The van der Waals surface area contributed by atoms with Gasteiger partial charge in [0.05, 0.1) is 13.2 Å². The molecule has 0 spiro atoms. The highest BCUT2D eigenvalue weighted by Gasteiger charge is 2.31. The predicted octanol–water partition coefficient (Wildman–Crippen LogP) is -0.268. The summed E-state index contributed by atoms with van der Waals surface area (Å²) >= 11 is 0. The Morgan fingerprint density at radius 2 is 1.40 bits per heavy atom. The summed E-state index contributed by atoms with van der Waals surface area (Å²) in [6, 6.07) is 0.